The van der Waals surface area contributed by atoms with E-state index in [9.17, 15) is 5.21 Å². The van der Waals surface area contributed by atoms with Gasteiger partial charge in [-0.05, 0) is 68.2 Å². The molecule has 0 radical (unpaired) electrons. The predicted molar refractivity (Wildman–Crippen MR) is 131 cm³/mol. The van der Waals surface area contributed by atoms with E-state index >= 15 is 0 Å². The Balaban J connectivity index is 1.85. The minimum Gasteiger partial charge on any atom is -0.618 e. The lowest BCUT2D eigenvalue weighted by molar-refractivity contribution is -0.592. The molecule has 1 N–H and O–H groups in total. The summed E-state index contributed by atoms with van der Waals surface area (Å²) in [5.74, 6) is 0.329. The standard InChI is InChI=1S/C26H23Cl2N3O/c1-16-4-2-3-5-19(16)26-25-21(10-13-31(26)32)22(20-7-6-18(27)14-23(20)28)15-24(30-25)17-8-11-29-12-9-17/h2-7,10,13-15,17,29H,8-9,11-12H2,1H3. The monoisotopic (exact) mass is 463 g/mol. The summed E-state index contributed by atoms with van der Waals surface area (Å²) in [6, 6.07) is 17.5. The van der Waals surface area contributed by atoms with Gasteiger partial charge in [0.2, 0.25) is 0 Å². The average Bonchev–Trinajstić information content (AvgIpc) is 2.80. The van der Waals surface area contributed by atoms with Gasteiger partial charge in [-0.3, -0.25) is 0 Å². The van der Waals surface area contributed by atoms with Crippen LogP contribution in [0.25, 0.3) is 33.3 Å². The average molecular weight is 464 g/mol. The van der Waals surface area contributed by atoms with Crippen molar-refractivity contribution < 1.29 is 4.73 Å². The highest BCUT2D eigenvalue weighted by Gasteiger charge is 2.24. The molecule has 0 bridgehead atoms. The Kier molecular flexibility index (Phi) is 5.76. The van der Waals surface area contributed by atoms with Gasteiger partial charge in [0.1, 0.15) is 5.52 Å². The van der Waals surface area contributed by atoms with Gasteiger partial charge in [0.15, 0.2) is 6.20 Å². The molecular weight excluding hydrogens is 441 g/mol. The first-order valence-electron chi connectivity index (χ1n) is 10.8. The number of aryl methyl sites for hydroxylation is 1. The van der Waals surface area contributed by atoms with Crippen LogP contribution >= 0.6 is 23.2 Å². The van der Waals surface area contributed by atoms with Crippen LogP contribution in [-0.2, 0) is 0 Å². The van der Waals surface area contributed by atoms with Crippen molar-refractivity contribution in [1.29, 1.82) is 0 Å². The number of nitrogens with one attached hydrogen (secondary N) is 1. The van der Waals surface area contributed by atoms with E-state index in [2.05, 4.69) is 11.4 Å². The summed E-state index contributed by atoms with van der Waals surface area (Å²) in [5, 5.41) is 18.5. The van der Waals surface area contributed by atoms with Crippen molar-refractivity contribution in [2.45, 2.75) is 25.7 Å². The molecule has 4 aromatic rings. The van der Waals surface area contributed by atoms with Gasteiger partial charge < -0.3 is 10.5 Å². The SMILES string of the molecule is Cc1ccccc1-c1c2nc(C3CCNCC3)cc(-c3ccc(Cl)cc3Cl)c2cc[n+]1[O-]. The first kappa shape index (κ1) is 21.2. The van der Waals surface area contributed by atoms with E-state index in [4.69, 9.17) is 28.2 Å². The normalized spacial score (nSPS) is 14.7. The van der Waals surface area contributed by atoms with Crippen molar-refractivity contribution in [2.75, 3.05) is 13.1 Å². The van der Waals surface area contributed by atoms with Crippen molar-refractivity contribution >= 4 is 34.1 Å². The zero-order valence-corrected chi connectivity index (χ0v) is 19.2. The third-order valence-corrected chi connectivity index (χ3v) is 6.83. The van der Waals surface area contributed by atoms with Gasteiger partial charge in [-0.1, -0.05) is 47.5 Å². The molecule has 32 heavy (non-hydrogen) atoms. The van der Waals surface area contributed by atoms with E-state index in [0.29, 0.717) is 27.2 Å². The highest BCUT2D eigenvalue weighted by molar-refractivity contribution is 6.36. The second-order valence-corrected chi connectivity index (χ2v) is 9.15. The second kappa shape index (κ2) is 8.70. The van der Waals surface area contributed by atoms with Gasteiger partial charge in [0.25, 0.3) is 5.69 Å². The molecule has 6 heteroatoms. The summed E-state index contributed by atoms with van der Waals surface area (Å²) < 4.78 is 0.928. The van der Waals surface area contributed by atoms with Gasteiger partial charge in [-0.2, -0.15) is 4.73 Å². The fourth-order valence-electron chi connectivity index (χ4n) is 4.59. The molecule has 5 rings (SSSR count). The van der Waals surface area contributed by atoms with Crippen LogP contribution in [0.3, 0.4) is 0 Å². The molecule has 0 saturated carbocycles. The molecule has 0 amide bonds. The van der Waals surface area contributed by atoms with Crippen LogP contribution < -0.4 is 10.0 Å². The minimum absolute atomic E-state index is 0.329. The minimum atomic E-state index is 0.329. The molecule has 0 aliphatic carbocycles. The highest BCUT2D eigenvalue weighted by Crippen LogP contribution is 2.39. The quantitative estimate of drug-likeness (QED) is 0.287. The van der Waals surface area contributed by atoms with Gasteiger partial charge in [-0.15, -0.1) is 0 Å². The molecular formula is C26H23Cl2N3O. The maximum Gasteiger partial charge on any atom is 0.250 e. The number of aromatic nitrogens is 2. The van der Waals surface area contributed by atoms with Crippen molar-refractivity contribution in [1.82, 2.24) is 10.3 Å². The largest absolute Gasteiger partial charge is 0.618 e. The number of hydrogen-bond acceptors (Lipinski definition) is 3. The van der Waals surface area contributed by atoms with Crippen LogP contribution in [0.5, 0.6) is 0 Å². The lowest BCUT2D eigenvalue weighted by atomic mass is 9.90. The van der Waals surface area contributed by atoms with E-state index in [0.717, 1.165) is 64.0 Å². The lowest BCUT2D eigenvalue weighted by Crippen LogP contribution is -2.30. The number of rotatable bonds is 3. The zero-order valence-electron chi connectivity index (χ0n) is 17.7. The molecule has 0 unspecified atom stereocenters. The van der Waals surface area contributed by atoms with Crippen molar-refractivity contribution in [3.05, 3.63) is 87.3 Å². The van der Waals surface area contributed by atoms with Crippen molar-refractivity contribution in [2.24, 2.45) is 0 Å². The molecule has 3 heterocycles. The molecule has 162 valence electrons. The van der Waals surface area contributed by atoms with Crippen LogP contribution in [0.4, 0.5) is 0 Å². The number of piperidine rings is 1. The fourth-order valence-corrected chi connectivity index (χ4v) is 5.10. The first-order valence-corrected chi connectivity index (χ1v) is 11.6. The molecule has 4 nitrogen and oxygen atoms in total. The summed E-state index contributed by atoms with van der Waals surface area (Å²) in [5.41, 5.74) is 6.05. The smallest absolute Gasteiger partial charge is 0.250 e. The van der Waals surface area contributed by atoms with Gasteiger partial charge in [0.05, 0.1) is 5.56 Å². The van der Waals surface area contributed by atoms with Crippen molar-refractivity contribution in [3.63, 3.8) is 0 Å². The zero-order chi connectivity index (χ0) is 22.2. The van der Waals surface area contributed by atoms with Crippen LogP contribution in [0.15, 0.2) is 60.8 Å². The van der Waals surface area contributed by atoms with E-state index in [1.165, 1.54) is 0 Å². The van der Waals surface area contributed by atoms with Gasteiger partial charge in [-0.25, -0.2) is 4.98 Å². The molecule has 2 aromatic carbocycles. The Labute approximate surface area is 197 Å². The Hall–Kier alpha value is -2.66. The first-order chi connectivity index (χ1) is 15.5. The van der Waals surface area contributed by atoms with Crippen LogP contribution in [0.1, 0.15) is 30.0 Å². The molecule has 0 spiro atoms. The molecule has 0 atom stereocenters. The third kappa shape index (κ3) is 3.83. The number of fused-ring (bicyclic) bond motifs is 1. The van der Waals surface area contributed by atoms with Gasteiger partial charge in [0, 0.05) is 38.7 Å². The highest BCUT2D eigenvalue weighted by atomic mass is 35.5. The maximum atomic E-state index is 13.1. The third-order valence-electron chi connectivity index (χ3n) is 6.28. The number of hydrogen-bond donors (Lipinski definition) is 1. The van der Waals surface area contributed by atoms with E-state index < -0.39 is 0 Å². The molecule has 1 aliphatic heterocycles. The Morgan fingerprint density at radius 3 is 2.50 bits per heavy atom. The molecule has 1 fully saturated rings. The predicted octanol–water partition coefficient (Wildman–Crippen LogP) is 6.28. The van der Waals surface area contributed by atoms with E-state index in [-0.39, 0.29) is 0 Å². The van der Waals surface area contributed by atoms with Crippen LogP contribution in [0.2, 0.25) is 10.0 Å². The number of pyridine rings is 2. The van der Waals surface area contributed by atoms with E-state index in [1.807, 2.05) is 49.4 Å². The number of nitrogens with zero attached hydrogens (tertiary/aromatic N) is 2. The Morgan fingerprint density at radius 2 is 1.75 bits per heavy atom. The van der Waals surface area contributed by atoms with Crippen LogP contribution in [-0.4, -0.2) is 18.1 Å². The topological polar surface area (TPSA) is 51.9 Å². The lowest BCUT2D eigenvalue weighted by Gasteiger charge is -2.23. The summed E-state index contributed by atoms with van der Waals surface area (Å²) in [4.78, 5) is 5.09. The fraction of sp³-hybridized carbons (Fsp3) is 0.231. The summed E-state index contributed by atoms with van der Waals surface area (Å²) >= 11 is 12.8. The molecule has 1 aliphatic rings. The summed E-state index contributed by atoms with van der Waals surface area (Å²) in [6.45, 7) is 3.94. The van der Waals surface area contributed by atoms with Crippen molar-refractivity contribution in [3.8, 4) is 22.4 Å². The molecule has 1 saturated heterocycles. The second-order valence-electron chi connectivity index (χ2n) is 8.31. The summed E-state index contributed by atoms with van der Waals surface area (Å²) in [7, 11) is 0. The van der Waals surface area contributed by atoms with Crippen LogP contribution in [0, 0.1) is 12.1 Å². The Morgan fingerprint density at radius 1 is 0.969 bits per heavy atom. The number of halogens is 2. The number of benzene rings is 2. The summed E-state index contributed by atoms with van der Waals surface area (Å²) in [6.07, 6.45) is 3.58. The Bertz CT molecular complexity index is 1320. The van der Waals surface area contributed by atoms with E-state index in [1.54, 1.807) is 12.3 Å². The maximum absolute atomic E-state index is 13.1. The molecule has 2 aromatic heterocycles. The van der Waals surface area contributed by atoms with Gasteiger partial charge >= 0.3 is 0 Å².